The van der Waals surface area contributed by atoms with Gasteiger partial charge in [-0.3, -0.25) is 4.90 Å². The van der Waals surface area contributed by atoms with Crippen LogP contribution in [0.5, 0.6) is 23.0 Å². The van der Waals surface area contributed by atoms with Crippen molar-refractivity contribution in [1.29, 1.82) is 0 Å². The van der Waals surface area contributed by atoms with Crippen molar-refractivity contribution in [3.8, 4) is 23.0 Å². The second-order valence-corrected chi connectivity index (χ2v) is 6.64. The van der Waals surface area contributed by atoms with E-state index in [2.05, 4.69) is 17.0 Å². The van der Waals surface area contributed by atoms with Crippen molar-refractivity contribution in [2.45, 2.75) is 25.4 Å². The Bertz CT molecular complexity index is 818. The number of phenols is 1. The Balaban J connectivity index is 1.75. The van der Waals surface area contributed by atoms with E-state index in [1.807, 2.05) is 12.1 Å². The van der Waals surface area contributed by atoms with E-state index in [0.29, 0.717) is 11.8 Å². The molecule has 0 fully saturated rings. The van der Waals surface area contributed by atoms with Crippen LogP contribution in [-0.4, -0.2) is 37.9 Å². The van der Waals surface area contributed by atoms with Gasteiger partial charge in [0.25, 0.3) is 0 Å². The molecule has 4 rings (SSSR count). The smallest absolute Gasteiger partial charge is 0.161 e. The Labute approximate surface area is 147 Å². The van der Waals surface area contributed by atoms with Gasteiger partial charge in [-0.05, 0) is 59.4 Å². The Hall–Kier alpha value is -2.40. The van der Waals surface area contributed by atoms with Crippen molar-refractivity contribution < 1.29 is 19.3 Å². The van der Waals surface area contributed by atoms with Crippen LogP contribution in [0.15, 0.2) is 24.3 Å². The maximum Gasteiger partial charge on any atom is 0.161 e. The van der Waals surface area contributed by atoms with E-state index >= 15 is 0 Å². The third kappa shape index (κ3) is 2.59. The van der Waals surface area contributed by atoms with Gasteiger partial charge in [-0.2, -0.15) is 0 Å². The number of rotatable bonds is 3. The number of fused-ring (bicyclic) bond motifs is 4. The molecule has 2 heterocycles. The van der Waals surface area contributed by atoms with Gasteiger partial charge in [0.2, 0.25) is 0 Å². The molecule has 0 amide bonds. The largest absolute Gasteiger partial charge is 0.504 e. The predicted molar refractivity (Wildman–Crippen MR) is 94.8 cm³/mol. The number of hydrogen-bond acceptors (Lipinski definition) is 5. The number of hydrogen-bond donors (Lipinski definition) is 1. The zero-order chi connectivity index (χ0) is 17.6. The maximum absolute atomic E-state index is 10.1. The second-order valence-electron chi connectivity index (χ2n) is 6.64. The molecular formula is C20H23NO4. The van der Waals surface area contributed by atoms with Gasteiger partial charge in [0.1, 0.15) is 0 Å². The van der Waals surface area contributed by atoms with Crippen LogP contribution in [0.4, 0.5) is 0 Å². The van der Waals surface area contributed by atoms with Crippen molar-refractivity contribution >= 4 is 0 Å². The lowest BCUT2D eigenvalue weighted by molar-refractivity contribution is 0.160. The fraction of sp³-hybridized carbons (Fsp3) is 0.400. The van der Waals surface area contributed by atoms with Gasteiger partial charge in [0.15, 0.2) is 23.0 Å². The van der Waals surface area contributed by atoms with Crippen LogP contribution < -0.4 is 14.2 Å². The van der Waals surface area contributed by atoms with Crippen LogP contribution in [0.25, 0.3) is 0 Å². The minimum Gasteiger partial charge on any atom is -0.504 e. The number of ether oxygens (including phenoxy) is 3. The molecule has 2 aliphatic rings. The highest BCUT2D eigenvalue weighted by Crippen LogP contribution is 2.44. The van der Waals surface area contributed by atoms with Gasteiger partial charge in [-0.15, -0.1) is 0 Å². The summed E-state index contributed by atoms with van der Waals surface area (Å²) in [6.07, 6.45) is 1.87. The van der Waals surface area contributed by atoms with Gasteiger partial charge in [-0.1, -0.05) is 0 Å². The summed E-state index contributed by atoms with van der Waals surface area (Å²) in [5.74, 6) is 2.30. The Morgan fingerprint density at radius 1 is 0.880 bits per heavy atom. The first-order valence-corrected chi connectivity index (χ1v) is 8.52. The van der Waals surface area contributed by atoms with E-state index < -0.39 is 0 Å². The van der Waals surface area contributed by atoms with E-state index in [0.717, 1.165) is 37.4 Å². The van der Waals surface area contributed by atoms with E-state index in [9.17, 15) is 5.11 Å². The molecule has 1 N–H and O–H groups in total. The summed E-state index contributed by atoms with van der Waals surface area (Å²) in [5.41, 5.74) is 5.03. The van der Waals surface area contributed by atoms with Crippen molar-refractivity contribution in [2.75, 3.05) is 27.9 Å². The molecule has 2 aliphatic heterocycles. The topological polar surface area (TPSA) is 51.2 Å². The average molecular weight is 341 g/mol. The lowest BCUT2D eigenvalue weighted by Gasteiger charge is -2.41. The second kappa shape index (κ2) is 6.15. The summed E-state index contributed by atoms with van der Waals surface area (Å²) >= 11 is 0. The first-order chi connectivity index (χ1) is 12.1. The van der Waals surface area contributed by atoms with Crippen LogP contribution in [0.3, 0.4) is 0 Å². The van der Waals surface area contributed by atoms with E-state index in [1.54, 1.807) is 21.3 Å². The zero-order valence-corrected chi connectivity index (χ0v) is 14.8. The van der Waals surface area contributed by atoms with Crippen molar-refractivity contribution in [3.63, 3.8) is 0 Å². The molecular weight excluding hydrogens is 318 g/mol. The van der Waals surface area contributed by atoms with Gasteiger partial charge in [0.05, 0.1) is 21.3 Å². The standard InChI is InChI=1S/C20H23NO4/c1-23-18-9-14-11-21-5-4-12-8-19(24-2)20(25-3)10-15(12)16(21)6-13(14)7-17(18)22/h7-10,16,22H,4-6,11H2,1-3H3/t16-/m1/s1. The summed E-state index contributed by atoms with van der Waals surface area (Å²) in [5, 5.41) is 10.1. The Morgan fingerprint density at radius 2 is 1.56 bits per heavy atom. The number of nitrogens with zero attached hydrogens (tertiary/aromatic N) is 1. The monoisotopic (exact) mass is 341 g/mol. The molecule has 132 valence electrons. The summed E-state index contributed by atoms with van der Waals surface area (Å²) in [6.45, 7) is 1.88. The minimum atomic E-state index is 0.207. The molecule has 5 heteroatoms. The van der Waals surface area contributed by atoms with Gasteiger partial charge < -0.3 is 19.3 Å². The molecule has 1 atom stereocenters. The quantitative estimate of drug-likeness (QED) is 0.930. The average Bonchev–Trinajstić information content (AvgIpc) is 2.64. The normalized spacial score (nSPS) is 18.8. The molecule has 0 saturated carbocycles. The predicted octanol–water partition coefficient (Wildman–Crippen LogP) is 3.07. The van der Waals surface area contributed by atoms with Gasteiger partial charge in [-0.25, -0.2) is 0 Å². The molecule has 0 unspecified atom stereocenters. The first kappa shape index (κ1) is 16.1. The molecule has 0 radical (unpaired) electrons. The summed E-state index contributed by atoms with van der Waals surface area (Å²) in [6, 6.07) is 8.32. The van der Waals surface area contributed by atoms with Crippen molar-refractivity contribution in [3.05, 3.63) is 46.5 Å². The van der Waals surface area contributed by atoms with Crippen LogP contribution in [0.1, 0.15) is 28.3 Å². The molecule has 0 aromatic heterocycles. The minimum absolute atomic E-state index is 0.207. The number of aromatic hydroxyl groups is 1. The molecule has 2 aromatic carbocycles. The number of phenolic OH excluding ortho intramolecular Hbond substituents is 1. The van der Waals surface area contributed by atoms with E-state index in [-0.39, 0.29) is 5.75 Å². The first-order valence-electron chi connectivity index (χ1n) is 8.52. The Morgan fingerprint density at radius 3 is 2.28 bits per heavy atom. The van der Waals surface area contributed by atoms with Crippen LogP contribution in [0, 0.1) is 0 Å². The summed E-state index contributed by atoms with van der Waals surface area (Å²) < 4.78 is 16.2. The molecule has 5 nitrogen and oxygen atoms in total. The highest BCUT2D eigenvalue weighted by Gasteiger charge is 2.33. The number of methoxy groups -OCH3 is 3. The SMILES string of the molecule is COc1cc2c(cc1O)C[C@@H]1c3cc(OC)c(OC)cc3CCN1C2. The van der Waals surface area contributed by atoms with Gasteiger partial charge >= 0.3 is 0 Å². The molecule has 0 bridgehead atoms. The highest BCUT2D eigenvalue weighted by molar-refractivity contribution is 5.52. The molecule has 0 saturated heterocycles. The third-order valence-corrected chi connectivity index (χ3v) is 5.40. The molecule has 0 spiro atoms. The highest BCUT2D eigenvalue weighted by atomic mass is 16.5. The van der Waals surface area contributed by atoms with E-state index in [4.69, 9.17) is 14.2 Å². The zero-order valence-electron chi connectivity index (χ0n) is 14.8. The Kier molecular flexibility index (Phi) is 3.96. The molecule has 0 aliphatic carbocycles. The van der Waals surface area contributed by atoms with Crippen molar-refractivity contribution in [1.82, 2.24) is 4.90 Å². The number of benzene rings is 2. The van der Waals surface area contributed by atoms with Crippen LogP contribution in [-0.2, 0) is 19.4 Å². The van der Waals surface area contributed by atoms with Gasteiger partial charge in [0, 0.05) is 19.1 Å². The fourth-order valence-electron chi connectivity index (χ4n) is 4.09. The molecule has 25 heavy (non-hydrogen) atoms. The lowest BCUT2D eigenvalue weighted by atomic mass is 9.83. The maximum atomic E-state index is 10.1. The third-order valence-electron chi connectivity index (χ3n) is 5.40. The van der Waals surface area contributed by atoms with Crippen molar-refractivity contribution in [2.24, 2.45) is 0 Å². The van der Waals surface area contributed by atoms with Crippen LogP contribution >= 0.6 is 0 Å². The summed E-state index contributed by atoms with van der Waals surface area (Å²) in [7, 11) is 4.93. The summed E-state index contributed by atoms with van der Waals surface area (Å²) in [4.78, 5) is 2.49. The fourth-order valence-corrected chi connectivity index (χ4v) is 4.09. The lowest BCUT2D eigenvalue weighted by Crippen LogP contribution is -2.39. The van der Waals surface area contributed by atoms with E-state index in [1.165, 1.54) is 22.3 Å². The van der Waals surface area contributed by atoms with Crippen LogP contribution in [0.2, 0.25) is 0 Å². The molecule has 2 aromatic rings.